The largest absolute Gasteiger partial charge is 0.492 e. The number of alkyl halides is 3. The molecule has 0 aromatic heterocycles. The third kappa shape index (κ3) is 3.05. The molecule has 114 valence electrons. The SMILES string of the molecule is COc1c(OCC(C)(O)C(F)(F)F)ccc2ccccc12. The van der Waals surface area contributed by atoms with E-state index in [-0.39, 0.29) is 5.75 Å². The first-order chi connectivity index (χ1) is 9.76. The van der Waals surface area contributed by atoms with Crippen molar-refractivity contribution in [2.75, 3.05) is 13.7 Å². The molecule has 0 aliphatic heterocycles. The lowest BCUT2D eigenvalue weighted by Gasteiger charge is -2.26. The normalized spacial score (nSPS) is 14.8. The molecule has 1 unspecified atom stereocenters. The van der Waals surface area contributed by atoms with Crippen LogP contribution in [0.25, 0.3) is 10.8 Å². The molecule has 2 aromatic carbocycles. The molecule has 0 aliphatic carbocycles. The number of hydrogen-bond donors (Lipinski definition) is 1. The second-order valence-corrected chi connectivity index (χ2v) is 4.88. The van der Waals surface area contributed by atoms with Gasteiger partial charge < -0.3 is 14.6 Å². The molecule has 1 atom stereocenters. The average molecular weight is 300 g/mol. The molecule has 3 nitrogen and oxygen atoms in total. The molecule has 0 saturated carbocycles. The van der Waals surface area contributed by atoms with Crippen LogP contribution in [0.3, 0.4) is 0 Å². The van der Waals surface area contributed by atoms with E-state index in [4.69, 9.17) is 9.47 Å². The molecule has 1 N–H and O–H groups in total. The molecule has 0 spiro atoms. The van der Waals surface area contributed by atoms with Crippen LogP contribution >= 0.6 is 0 Å². The monoisotopic (exact) mass is 300 g/mol. The molecule has 0 heterocycles. The molecule has 0 radical (unpaired) electrons. The van der Waals surface area contributed by atoms with E-state index < -0.39 is 18.4 Å². The predicted molar refractivity (Wildman–Crippen MR) is 72.7 cm³/mol. The summed E-state index contributed by atoms with van der Waals surface area (Å²) < 4.78 is 48.2. The quantitative estimate of drug-likeness (QED) is 0.938. The van der Waals surface area contributed by atoms with Crippen molar-refractivity contribution in [3.05, 3.63) is 36.4 Å². The minimum Gasteiger partial charge on any atom is -0.492 e. The van der Waals surface area contributed by atoms with Gasteiger partial charge in [-0.25, -0.2) is 0 Å². The van der Waals surface area contributed by atoms with E-state index in [1.807, 2.05) is 12.1 Å². The number of hydrogen-bond acceptors (Lipinski definition) is 3. The first kappa shape index (κ1) is 15.4. The molecule has 0 amide bonds. The van der Waals surface area contributed by atoms with Crippen molar-refractivity contribution in [2.45, 2.75) is 18.7 Å². The van der Waals surface area contributed by atoms with E-state index in [0.717, 1.165) is 10.8 Å². The van der Waals surface area contributed by atoms with Crippen LogP contribution in [0.5, 0.6) is 11.5 Å². The number of halogens is 3. The third-order valence-corrected chi connectivity index (χ3v) is 3.17. The van der Waals surface area contributed by atoms with E-state index in [1.54, 1.807) is 18.2 Å². The molecule has 21 heavy (non-hydrogen) atoms. The Labute approximate surface area is 119 Å². The molecule has 0 aliphatic rings. The van der Waals surface area contributed by atoms with E-state index in [2.05, 4.69) is 0 Å². The molecule has 2 aromatic rings. The highest BCUT2D eigenvalue weighted by molar-refractivity contribution is 5.90. The standard InChI is InChI=1S/C15H15F3O3/c1-14(19,15(16,17)18)9-21-12-8-7-10-5-3-4-6-11(10)13(12)20-2/h3-8,19H,9H2,1-2H3. The Hall–Kier alpha value is -1.95. The van der Waals surface area contributed by atoms with Crippen LogP contribution in [-0.4, -0.2) is 30.6 Å². The predicted octanol–water partition coefficient (Wildman–Crippen LogP) is 3.54. The molecular weight excluding hydrogens is 285 g/mol. The van der Waals surface area contributed by atoms with Crippen LogP contribution in [0.1, 0.15) is 6.92 Å². The third-order valence-electron chi connectivity index (χ3n) is 3.17. The number of ether oxygens (including phenoxy) is 2. The maximum atomic E-state index is 12.6. The van der Waals surface area contributed by atoms with Gasteiger partial charge in [-0.3, -0.25) is 0 Å². The van der Waals surface area contributed by atoms with Gasteiger partial charge in [0.15, 0.2) is 17.1 Å². The molecule has 0 saturated heterocycles. The number of methoxy groups -OCH3 is 1. The second kappa shape index (κ2) is 5.44. The van der Waals surface area contributed by atoms with Crippen molar-refractivity contribution in [3.63, 3.8) is 0 Å². The van der Waals surface area contributed by atoms with E-state index in [9.17, 15) is 18.3 Å². The van der Waals surface area contributed by atoms with Crippen LogP contribution in [0, 0.1) is 0 Å². The lowest BCUT2D eigenvalue weighted by molar-refractivity contribution is -0.260. The minimum absolute atomic E-state index is 0.153. The summed E-state index contributed by atoms with van der Waals surface area (Å²) in [5.74, 6) is 0.492. The van der Waals surface area contributed by atoms with Crippen molar-refractivity contribution in [1.82, 2.24) is 0 Å². The van der Waals surface area contributed by atoms with Crippen molar-refractivity contribution in [1.29, 1.82) is 0 Å². The highest BCUT2D eigenvalue weighted by atomic mass is 19.4. The summed E-state index contributed by atoms with van der Waals surface area (Å²) in [6, 6.07) is 10.5. The maximum Gasteiger partial charge on any atom is 0.420 e. The minimum atomic E-state index is -4.77. The lowest BCUT2D eigenvalue weighted by Crippen LogP contribution is -2.47. The van der Waals surface area contributed by atoms with Gasteiger partial charge in [-0.15, -0.1) is 0 Å². The Balaban J connectivity index is 2.31. The van der Waals surface area contributed by atoms with Gasteiger partial charge in [0.2, 0.25) is 0 Å². The highest BCUT2D eigenvalue weighted by Crippen LogP contribution is 2.37. The van der Waals surface area contributed by atoms with Gasteiger partial charge in [0, 0.05) is 5.39 Å². The van der Waals surface area contributed by atoms with Crippen LogP contribution in [-0.2, 0) is 0 Å². The average Bonchev–Trinajstić information content (AvgIpc) is 2.43. The second-order valence-electron chi connectivity index (χ2n) is 4.88. The van der Waals surface area contributed by atoms with Crippen molar-refractivity contribution in [3.8, 4) is 11.5 Å². The Morgan fingerprint density at radius 2 is 1.76 bits per heavy atom. The van der Waals surface area contributed by atoms with Gasteiger partial charge in [-0.2, -0.15) is 13.2 Å². The molecule has 2 rings (SSSR count). The van der Waals surface area contributed by atoms with Gasteiger partial charge in [-0.05, 0) is 18.4 Å². The summed E-state index contributed by atoms with van der Waals surface area (Å²) in [5, 5.41) is 11.0. The molecule has 0 bridgehead atoms. The maximum absolute atomic E-state index is 12.6. The number of rotatable bonds is 4. The Morgan fingerprint density at radius 1 is 1.10 bits per heavy atom. The first-order valence-corrected chi connectivity index (χ1v) is 6.24. The Kier molecular flexibility index (Phi) is 4.00. The van der Waals surface area contributed by atoms with Gasteiger partial charge in [-0.1, -0.05) is 30.3 Å². The van der Waals surface area contributed by atoms with Gasteiger partial charge in [0.1, 0.15) is 6.61 Å². The van der Waals surface area contributed by atoms with Crippen LogP contribution in [0.4, 0.5) is 13.2 Å². The van der Waals surface area contributed by atoms with Gasteiger partial charge in [0.25, 0.3) is 0 Å². The van der Waals surface area contributed by atoms with E-state index in [1.165, 1.54) is 13.2 Å². The number of aliphatic hydroxyl groups is 1. The van der Waals surface area contributed by atoms with Crippen LogP contribution < -0.4 is 9.47 Å². The zero-order valence-electron chi connectivity index (χ0n) is 11.6. The van der Waals surface area contributed by atoms with Gasteiger partial charge in [0.05, 0.1) is 7.11 Å². The van der Waals surface area contributed by atoms with Crippen LogP contribution in [0.2, 0.25) is 0 Å². The van der Waals surface area contributed by atoms with Crippen molar-refractivity contribution >= 4 is 10.8 Å². The van der Waals surface area contributed by atoms with Gasteiger partial charge >= 0.3 is 6.18 Å². The Morgan fingerprint density at radius 3 is 2.38 bits per heavy atom. The summed E-state index contributed by atoms with van der Waals surface area (Å²) in [6.07, 6.45) is -4.77. The highest BCUT2D eigenvalue weighted by Gasteiger charge is 2.50. The molecule has 0 fully saturated rings. The summed E-state index contributed by atoms with van der Waals surface area (Å²) in [6.45, 7) is -0.244. The summed E-state index contributed by atoms with van der Waals surface area (Å²) >= 11 is 0. The van der Waals surface area contributed by atoms with E-state index >= 15 is 0 Å². The fourth-order valence-electron chi connectivity index (χ4n) is 1.85. The topological polar surface area (TPSA) is 38.7 Å². The van der Waals surface area contributed by atoms with Crippen LogP contribution in [0.15, 0.2) is 36.4 Å². The van der Waals surface area contributed by atoms with Crippen molar-refractivity contribution < 1.29 is 27.8 Å². The zero-order valence-corrected chi connectivity index (χ0v) is 11.6. The fourth-order valence-corrected chi connectivity index (χ4v) is 1.85. The van der Waals surface area contributed by atoms with E-state index in [0.29, 0.717) is 12.7 Å². The number of fused-ring (bicyclic) bond motifs is 1. The summed E-state index contributed by atoms with van der Waals surface area (Å²) in [4.78, 5) is 0. The Bertz CT molecular complexity index is 636. The lowest BCUT2D eigenvalue weighted by atomic mass is 10.1. The van der Waals surface area contributed by atoms with Crippen molar-refractivity contribution in [2.24, 2.45) is 0 Å². The summed E-state index contributed by atoms with van der Waals surface area (Å²) in [7, 11) is 1.41. The molecular formula is C15H15F3O3. The number of benzene rings is 2. The summed E-state index contributed by atoms with van der Waals surface area (Å²) in [5.41, 5.74) is -2.93. The fraction of sp³-hybridized carbons (Fsp3) is 0.333. The zero-order chi connectivity index (χ0) is 15.7. The smallest absolute Gasteiger partial charge is 0.420 e. The molecule has 6 heteroatoms. The first-order valence-electron chi connectivity index (χ1n) is 6.24.